The van der Waals surface area contributed by atoms with Gasteiger partial charge in [-0.15, -0.1) is 0 Å². The first kappa shape index (κ1) is 25.5. The smallest absolute Gasteiger partial charge is 0.351 e. The van der Waals surface area contributed by atoms with E-state index in [9.17, 15) is 14.7 Å². The Morgan fingerprint density at radius 1 is 0.882 bits per heavy atom. The molecule has 0 amide bonds. The molecule has 0 bridgehead atoms. The van der Waals surface area contributed by atoms with Crippen LogP contribution in [0.2, 0.25) is 0 Å². The van der Waals surface area contributed by atoms with Crippen molar-refractivity contribution in [2.45, 2.75) is 77.6 Å². The fourth-order valence-electron chi connectivity index (χ4n) is 4.69. The molecule has 2 atom stereocenters. The fraction of sp³-hybridized carbons (Fsp3) is 0.448. The first-order valence-electron chi connectivity index (χ1n) is 12.5. The molecule has 34 heavy (non-hydrogen) atoms. The Morgan fingerprint density at radius 2 is 1.53 bits per heavy atom. The van der Waals surface area contributed by atoms with Crippen molar-refractivity contribution in [3.8, 4) is 5.75 Å². The lowest BCUT2D eigenvalue weighted by atomic mass is 9.78. The van der Waals surface area contributed by atoms with Crippen molar-refractivity contribution in [1.82, 2.24) is 0 Å². The van der Waals surface area contributed by atoms with Gasteiger partial charge in [0.05, 0.1) is 6.61 Å². The molecule has 0 radical (unpaired) electrons. The third kappa shape index (κ3) is 6.28. The molecule has 1 aromatic heterocycles. The molecule has 2 aromatic carbocycles. The SMILES string of the molecule is CCCCCCCOC(=O)c1cc2cc([C@@H](CC)[C@@H](CC)c3ccc(O)cc3)ccc2oc1=O. The standard InChI is InChI=1S/C29H36O5/c1-4-7-8-9-10-17-33-28(31)26-19-22-18-21(13-16-27(22)34-29(26)32)25(6-3)24(5-2)20-11-14-23(30)15-12-20/h11-16,18-19,24-25,30H,4-10,17H2,1-3H3/t24-,25+/m0/s1. The van der Waals surface area contributed by atoms with Crippen LogP contribution in [0.3, 0.4) is 0 Å². The van der Waals surface area contributed by atoms with Crippen molar-refractivity contribution in [2.24, 2.45) is 0 Å². The average Bonchev–Trinajstić information content (AvgIpc) is 2.84. The number of phenolic OH excluding ortho intramolecular Hbond substituents is 1. The molecule has 1 N–H and O–H groups in total. The van der Waals surface area contributed by atoms with E-state index >= 15 is 0 Å². The lowest BCUT2D eigenvalue weighted by Crippen LogP contribution is -2.17. The van der Waals surface area contributed by atoms with E-state index in [-0.39, 0.29) is 23.1 Å². The summed E-state index contributed by atoms with van der Waals surface area (Å²) in [6.07, 6.45) is 7.13. The number of esters is 1. The molecular formula is C29H36O5. The van der Waals surface area contributed by atoms with Gasteiger partial charge in [0.2, 0.25) is 0 Å². The molecule has 0 aliphatic heterocycles. The summed E-state index contributed by atoms with van der Waals surface area (Å²) in [5.74, 6) is 0.146. The summed E-state index contributed by atoms with van der Waals surface area (Å²) in [5, 5.41) is 10.4. The van der Waals surface area contributed by atoms with Crippen LogP contribution in [-0.2, 0) is 4.74 Å². The van der Waals surface area contributed by atoms with E-state index in [1.165, 1.54) is 12.0 Å². The van der Waals surface area contributed by atoms with Crippen molar-refractivity contribution in [2.75, 3.05) is 6.61 Å². The first-order chi connectivity index (χ1) is 16.5. The number of rotatable bonds is 12. The number of aromatic hydroxyl groups is 1. The van der Waals surface area contributed by atoms with Gasteiger partial charge in [-0.2, -0.15) is 0 Å². The van der Waals surface area contributed by atoms with E-state index in [2.05, 4.69) is 20.8 Å². The Kier molecular flexibility index (Phi) is 9.32. The minimum Gasteiger partial charge on any atom is -0.508 e. The Labute approximate surface area is 201 Å². The van der Waals surface area contributed by atoms with Crippen LogP contribution >= 0.6 is 0 Å². The normalized spacial score (nSPS) is 13.0. The highest BCUT2D eigenvalue weighted by Gasteiger charge is 2.23. The molecular weight excluding hydrogens is 428 g/mol. The van der Waals surface area contributed by atoms with Crippen LogP contribution in [0.25, 0.3) is 11.0 Å². The van der Waals surface area contributed by atoms with E-state index in [1.807, 2.05) is 24.3 Å². The van der Waals surface area contributed by atoms with Gasteiger partial charge < -0.3 is 14.3 Å². The number of ether oxygens (including phenoxy) is 1. The molecule has 3 rings (SSSR count). The zero-order valence-electron chi connectivity index (χ0n) is 20.5. The van der Waals surface area contributed by atoms with Gasteiger partial charge in [-0.25, -0.2) is 9.59 Å². The van der Waals surface area contributed by atoms with Crippen LogP contribution in [-0.4, -0.2) is 17.7 Å². The first-order valence-corrected chi connectivity index (χ1v) is 12.5. The highest BCUT2D eigenvalue weighted by atomic mass is 16.5. The van der Waals surface area contributed by atoms with Gasteiger partial charge in [0.15, 0.2) is 0 Å². The Bertz CT molecular complexity index is 1130. The lowest BCUT2D eigenvalue weighted by molar-refractivity contribution is 0.0493. The summed E-state index contributed by atoms with van der Waals surface area (Å²) in [4.78, 5) is 24.9. The summed E-state index contributed by atoms with van der Waals surface area (Å²) in [6.45, 7) is 6.79. The second kappa shape index (κ2) is 12.4. The van der Waals surface area contributed by atoms with E-state index in [0.29, 0.717) is 17.6 Å². The van der Waals surface area contributed by atoms with E-state index in [0.717, 1.165) is 44.1 Å². The topological polar surface area (TPSA) is 76.7 Å². The number of hydrogen-bond donors (Lipinski definition) is 1. The van der Waals surface area contributed by atoms with Crippen molar-refractivity contribution < 1.29 is 19.1 Å². The molecule has 0 spiro atoms. The average molecular weight is 465 g/mol. The van der Waals surface area contributed by atoms with Crippen LogP contribution in [0.1, 0.15) is 99.0 Å². The Balaban J connectivity index is 1.83. The third-order valence-electron chi connectivity index (χ3n) is 6.57. The van der Waals surface area contributed by atoms with Crippen molar-refractivity contribution in [1.29, 1.82) is 0 Å². The van der Waals surface area contributed by atoms with E-state index < -0.39 is 11.6 Å². The number of carbonyl (C=O) groups excluding carboxylic acids is 1. The van der Waals surface area contributed by atoms with E-state index in [1.54, 1.807) is 24.3 Å². The number of phenols is 1. The molecule has 0 aliphatic rings. The van der Waals surface area contributed by atoms with Crippen LogP contribution in [0, 0.1) is 0 Å². The third-order valence-corrected chi connectivity index (χ3v) is 6.57. The maximum atomic E-state index is 12.5. The highest BCUT2D eigenvalue weighted by Crippen LogP contribution is 2.39. The summed E-state index contributed by atoms with van der Waals surface area (Å²) in [7, 11) is 0. The molecule has 182 valence electrons. The zero-order chi connectivity index (χ0) is 24.5. The highest BCUT2D eigenvalue weighted by molar-refractivity contribution is 5.93. The van der Waals surface area contributed by atoms with Gasteiger partial charge in [0, 0.05) is 5.39 Å². The zero-order valence-corrected chi connectivity index (χ0v) is 20.5. The van der Waals surface area contributed by atoms with Gasteiger partial charge >= 0.3 is 11.6 Å². The van der Waals surface area contributed by atoms with Crippen molar-refractivity contribution >= 4 is 16.9 Å². The predicted molar refractivity (Wildman–Crippen MR) is 136 cm³/mol. The maximum Gasteiger partial charge on any atom is 0.351 e. The molecule has 5 nitrogen and oxygen atoms in total. The molecule has 0 aliphatic carbocycles. The maximum absolute atomic E-state index is 12.5. The van der Waals surface area contributed by atoms with Crippen LogP contribution in [0.5, 0.6) is 5.75 Å². The lowest BCUT2D eigenvalue weighted by Gasteiger charge is -2.26. The molecule has 0 saturated carbocycles. The predicted octanol–water partition coefficient (Wildman–Crippen LogP) is 7.31. The largest absolute Gasteiger partial charge is 0.508 e. The van der Waals surface area contributed by atoms with Gasteiger partial charge in [-0.3, -0.25) is 0 Å². The molecule has 0 fully saturated rings. The summed E-state index contributed by atoms with van der Waals surface area (Å²) in [5.41, 5.74) is 2.03. The second-order valence-corrected chi connectivity index (χ2v) is 8.92. The molecule has 3 aromatic rings. The number of fused-ring (bicyclic) bond motifs is 1. The quantitative estimate of drug-likeness (QED) is 0.173. The van der Waals surface area contributed by atoms with Gasteiger partial charge in [0.25, 0.3) is 0 Å². The summed E-state index contributed by atoms with van der Waals surface area (Å²) in [6, 6.07) is 14.8. The number of benzene rings is 2. The van der Waals surface area contributed by atoms with Crippen molar-refractivity contribution in [3.63, 3.8) is 0 Å². The fourth-order valence-corrected chi connectivity index (χ4v) is 4.69. The molecule has 1 heterocycles. The Hall–Kier alpha value is -3.08. The molecule has 0 unspecified atom stereocenters. The van der Waals surface area contributed by atoms with Crippen molar-refractivity contribution in [3.05, 3.63) is 75.6 Å². The van der Waals surface area contributed by atoms with Crippen LogP contribution in [0.4, 0.5) is 0 Å². The number of hydrogen-bond acceptors (Lipinski definition) is 5. The van der Waals surface area contributed by atoms with Gasteiger partial charge in [0.1, 0.15) is 16.9 Å². The van der Waals surface area contributed by atoms with Crippen LogP contribution in [0.15, 0.2) is 57.7 Å². The second-order valence-electron chi connectivity index (χ2n) is 8.92. The summed E-state index contributed by atoms with van der Waals surface area (Å²) >= 11 is 0. The monoisotopic (exact) mass is 464 g/mol. The van der Waals surface area contributed by atoms with Gasteiger partial charge in [-0.1, -0.05) is 64.7 Å². The molecule has 5 heteroatoms. The summed E-state index contributed by atoms with van der Waals surface area (Å²) < 4.78 is 10.8. The minimum absolute atomic E-state index is 0.0585. The van der Waals surface area contributed by atoms with Crippen LogP contribution < -0.4 is 5.63 Å². The Morgan fingerprint density at radius 3 is 2.21 bits per heavy atom. The van der Waals surface area contributed by atoms with Gasteiger partial charge in [-0.05, 0) is 72.6 Å². The number of unbranched alkanes of at least 4 members (excludes halogenated alkanes) is 4. The molecule has 0 saturated heterocycles. The minimum atomic E-state index is -0.668. The number of carbonyl (C=O) groups is 1. The van der Waals surface area contributed by atoms with E-state index in [4.69, 9.17) is 9.15 Å².